The molecule has 2 aliphatic carbocycles. The van der Waals surface area contributed by atoms with Crippen molar-refractivity contribution in [3.05, 3.63) is 0 Å². The summed E-state index contributed by atoms with van der Waals surface area (Å²) in [5.41, 5.74) is -0.224. The summed E-state index contributed by atoms with van der Waals surface area (Å²) < 4.78 is 30.5. The Balaban J connectivity index is 1.67. The molecule has 0 unspecified atom stereocenters. The maximum Gasteiger partial charge on any atom is 0.308 e. The molecule has 0 aliphatic heterocycles. The topological polar surface area (TPSA) is 26.3 Å². The van der Waals surface area contributed by atoms with Gasteiger partial charge in [0.15, 0.2) is 0 Å². The molecule has 2 fully saturated rings. The van der Waals surface area contributed by atoms with Crippen LogP contribution in [0.15, 0.2) is 0 Å². The van der Waals surface area contributed by atoms with E-state index in [-0.39, 0.29) is 30.1 Å². The van der Waals surface area contributed by atoms with E-state index in [4.69, 9.17) is 4.74 Å². The Labute approximate surface area is 94.3 Å². The number of rotatable bonds is 4. The summed E-state index contributed by atoms with van der Waals surface area (Å²) in [6, 6.07) is 0. The van der Waals surface area contributed by atoms with Gasteiger partial charge in [0.05, 0.1) is 12.5 Å². The minimum Gasteiger partial charge on any atom is -0.465 e. The zero-order chi connectivity index (χ0) is 11.8. The normalized spacial score (nSPS) is 25.9. The number of hydrogen-bond donors (Lipinski definition) is 0. The van der Waals surface area contributed by atoms with E-state index in [1.165, 1.54) is 0 Å². The summed E-state index contributed by atoms with van der Waals surface area (Å²) in [5, 5.41) is 0. The van der Waals surface area contributed by atoms with Gasteiger partial charge in [0.1, 0.15) is 0 Å². The van der Waals surface area contributed by atoms with E-state index in [9.17, 15) is 13.6 Å². The predicted molar refractivity (Wildman–Crippen MR) is 55.2 cm³/mol. The second-order valence-corrected chi connectivity index (χ2v) is 5.34. The highest BCUT2D eigenvalue weighted by molar-refractivity contribution is 5.74. The van der Waals surface area contributed by atoms with Crippen molar-refractivity contribution in [1.82, 2.24) is 0 Å². The standard InChI is InChI=1S/C12H18F2O2/c1-2-3-4-16-10(15)9-5-11(6-9)7-12(13,14)8-11/h9H,2-8H2,1H3. The number of halogens is 2. The lowest BCUT2D eigenvalue weighted by Crippen LogP contribution is -2.55. The maximum absolute atomic E-state index is 12.7. The molecule has 1 spiro atoms. The monoisotopic (exact) mass is 232 g/mol. The Hall–Kier alpha value is -0.670. The van der Waals surface area contributed by atoms with Crippen LogP contribution in [0.1, 0.15) is 45.4 Å². The molecule has 2 rings (SSSR count). The molecule has 16 heavy (non-hydrogen) atoms. The highest BCUT2D eigenvalue weighted by Crippen LogP contribution is 2.64. The van der Waals surface area contributed by atoms with Crippen LogP contribution in [0.5, 0.6) is 0 Å². The summed E-state index contributed by atoms with van der Waals surface area (Å²) in [7, 11) is 0. The average Bonchev–Trinajstić information content (AvgIpc) is 2.09. The highest BCUT2D eigenvalue weighted by Gasteiger charge is 2.63. The van der Waals surface area contributed by atoms with Crippen molar-refractivity contribution in [2.45, 2.75) is 51.4 Å². The van der Waals surface area contributed by atoms with Crippen LogP contribution in [-0.2, 0) is 9.53 Å². The van der Waals surface area contributed by atoms with Gasteiger partial charge in [0, 0.05) is 12.8 Å². The lowest BCUT2D eigenvalue weighted by Gasteiger charge is -2.56. The van der Waals surface area contributed by atoms with Crippen molar-refractivity contribution in [1.29, 1.82) is 0 Å². The molecule has 2 nitrogen and oxygen atoms in total. The van der Waals surface area contributed by atoms with Crippen molar-refractivity contribution >= 4 is 5.97 Å². The van der Waals surface area contributed by atoms with Gasteiger partial charge in [-0.3, -0.25) is 4.79 Å². The molecule has 0 aromatic carbocycles. The number of alkyl halides is 2. The molecular weight excluding hydrogens is 214 g/mol. The van der Waals surface area contributed by atoms with E-state index in [1.807, 2.05) is 6.92 Å². The van der Waals surface area contributed by atoms with Gasteiger partial charge in [-0.25, -0.2) is 8.78 Å². The fourth-order valence-corrected chi connectivity index (χ4v) is 2.92. The van der Waals surface area contributed by atoms with Crippen molar-refractivity contribution in [2.75, 3.05) is 6.61 Å². The number of esters is 1. The van der Waals surface area contributed by atoms with Crippen LogP contribution >= 0.6 is 0 Å². The molecular formula is C12H18F2O2. The second-order valence-electron chi connectivity index (χ2n) is 5.34. The third-order valence-electron chi connectivity index (χ3n) is 3.70. The van der Waals surface area contributed by atoms with E-state index < -0.39 is 5.92 Å². The van der Waals surface area contributed by atoms with Gasteiger partial charge >= 0.3 is 5.97 Å². The van der Waals surface area contributed by atoms with Crippen molar-refractivity contribution in [2.24, 2.45) is 11.3 Å². The van der Waals surface area contributed by atoms with Gasteiger partial charge < -0.3 is 4.74 Å². The Morgan fingerprint density at radius 3 is 2.50 bits per heavy atom. The molecule has 0 saturated heterocycles. The number of unbranched alkanes of at least 4 members (excludes halogenated alkanes) is 1. The Morgan fingerprint density at radius 2 is 2.00 bits per heavy atom. The minimum atomic E-state index is -2.48. The van der Waals surface area contributed by atoms with E-state index in [0.717, 1.165) is 12.8 Å². The summed E-state index contributed by atoms with van der Waals surface area (Å²) in [6.07, 6.45) is 3.02. The van der Waals surface area contributed by atoms with Crippen molar-refractivity contribution in [3.8, 4) is 0 Å². The minimum absolute atomic E-state index is 0.0290. The zero-order valence-electron chi connectivity index (χ0n) is 9.60. The van der Waals surface area contributed by atoms with Gasteiger partial charge in [-0.05, 0) is 24.7 Å². The number of carbonyl (C=O) groups excluding carboxylic acids is 1. The molecule has 0 N–H and O–H groups in total. The molecule has 2 saturated carbocycles. The smallest absolute Gasteiger partial charge is 0.308 e. The number of ether oxygens (including phenoxy) is 1. The zero-order valence-corrected chi connectivity index (χ0v) is 9.60. The second kappa shape index (κ2) is 3.97. The molecule has 4 heteroatoms. The SMILES string of the molecule is CCCCOC(=O)C1CC2(C1)CC(F)(F)C2. The fraction of sp³-hybridized carbons (Fsp3) is 0.917. The average molecular weight is 232 g/mol. The Morgan fingerprint density at radius 1 is 1.38 bits per heavy atom. The number of carbonyl (C=O) groups is 1. The third-order valence-corrected chi connectivity index (χ3v) is 3.70. The quantitative estimate of drug-likeness (QED) is 0.549. The summed E-state index contributed by atoms with van der Waals surface area (Å²) >= 11 is 0. The molecule has 0 bridgehead atoms. The number of hydrogen-bond acceptors (Lipinski definition) is 2. The van der Waals surface area contributed by atoms with Crippen LogP contribution in [0.2, 0.25) is 0 Å². The Bertz CT molecular complexity index is 273. The first-order chi connectivity index (χ1) is 7.46. The van der Waals surface area contributed by atoms with Crippen LogP contribution in [0.25, 0.3) is 0 Å². The largest absolute Gasteiger partial charge is 0.465 e. The van der Waals surface area contributed by atoms with Crippen LogP contribution in [0, 0.1) is 11.3 Å². The van der Waals surface area contributed by atoms with Crippen molar-refractivity contribution in [3.63, 3.8) is 0 Å². The predicted octanol–water partition coefficient (Wildman–Crippen LogP) is 3.16. The van der Waals surface area contributed by atoms with E-state index in [1.54, 1.807) is 0 Å². The molecule has 0 amide bonds. The first-order valence-electron chi connectivity index (χ1n) is 6.01. The first-order valence-corrected chi connectivity index (χ1v) is 6.01. The molecule has 0 radical (unpaired) electrons. The molecule has 0 atom stereocenters. The molecule has 92 valence electrons. The molecule has 0 heterocycles. The highest BCUT2D eigenvalue weighted by atomic mass is 19.3. The maximum atomic E-state index is 12.7. The lowest BCUT2D eigenvalue weighted by molar-refractivity contribution is -0.214. The fourth-order valence-electron chi connectivity index (χ4n) is 2.92. The lowest BCUT2D eigenvalue weighted by atomic mass is 9.50. The van der Waals surface area contributed by atoms with Crippen LogP contribution < -0.4 is 0 Å². The van der Waals surface area contributed by atoms with Gasteiger partial charge in [-0.15, -0.1) is 0 Å². The van der Waals surface area contributed by atoms with E-state index >= 15 is 0 Å². The van der Waals surface area contributed by atoms with Crippen LogP contribution in [0.3, 0.4) is 0 Å². The summed E-state index contributed by atoms with van der Waals surface area (Å²) in [4.78, 5) is 11.5. The van der Waals surface area contributed by atoms with E-state index in [2.05, 4.69) is 0 Å². The van der Waals surface area contributed by atoms with Crippen LogP contribution in [0.4, 0.5) is 8.78 Å². The first kappa shape index (κ1) is 11.8. The van der Waals surface area contributed by atoms with E-state index in [0.29, 0.717) is 19.4 Å². The van der Waals surface area contributed by atoms with Gasteiger partial charge in [-0.2, -0.15) is 0 Å². The summed E-state index contributed by atoms with van der Waals surface area (Å²) in [5.74, 6) is -2.78. The molecule has 2 aliphatic rings. The third kappa shape index (κ3) is 2.20. The van der Waals surface area contributed by atoms with Gasteiger partial charge in [0.2, 0.25) is 5.92 Å². The van der Waals surface area contributed by atoms with Gasteiger partial charge in [0.25, 0.3) is 0 Å². The summed E-state index contributed by atoms with van der Waals surface area (Å²) in [6.45, 7) is 2.50. The van der Waals surface area contributed by atoms with Crippen molar-refractivity contribution < 1.29 is 18.3 Å². The van der Waals surface area contributed by atoms with Gasteiger partial charge in [-0.1, -0.05) is 13.3 Å². The molecule has 0 aromatic rings. The van der Waals surface area contributed by atoms with Crippen LogP contribution in [-0.4, -0.2) is 18.5 Å². The molecule has 0 aromatic heterocycles. The Kier molecular flexibility index (Phi) is 2.93.